The summed E-state index contributed by atoms with van der Waals surface area (Å²) in [5.74, 6) is 0.0512. The van der Waals surface area contributed by atoms with Gasteiger partial charge in [-0.3, -0.25) is 4.90 Å². The van der Waals surface area contributed by atoms with Gasteiger partial charge in [0.2, 0.25) is 0 Å². The number of halogens is 2. The first kappa shape index (κ1) is 22.1. The van der Waals surface area contributed by atoms with Gasteiger partial charge in [-0.25, -0.2) is 9.18 Å². The van der Waals surface area contributed by atoms with Crippen LogP contribution in [0.1, 0.15) is 24.1 Å². The molecule has 0 aromatic heterocycles. The Bertz CT molecular complexity index is 758. The maximum absolute atomic E-state index is 13.6. The van der Waals surface area contributed by atoms with Crippen molar-refractivity contribution in [2.45, 2.75) is 19.5 Å². The highest BCUT2D eigenvalue weighted by Crippen LogP contribution is 2.25. The van der Waals surface area contributed by atoms with Gasteiger partial charge in [0.25, 0.3) is 0 Å². The summed E-state index contributed by atoms with van der Waals surface area (Å²) >= 11 is 0. The predicted molar refractivity (Wildman–Crippen MR) is 108 cm³/mol. The van der Waals surface area contributed by atoms with E-state index in [0.29, 0.717) is 12.4 Å². The fourth-order valence-electron chi connectivity index (χ4n) is 3.25. The van der Waals surface area contributed by atoms with Crippen molar-refractivity contribution in [2.75, 3.05) is 32.8 Å². The molecule has 7 heteroatoms. The molecule has 0 spiro atoms. The molecule has 0 saturated carbocycles. The van der Waals surface area contributed by atoms with Gasteiger partial charge >= 0.3 is 5.97 Å². The third-order valence-corrected chi connectivity index (χ3v) is 4.56. The molecule has 1 aliphatic heterocycles. The van der Waals surface area contributed by atoms with E-state index in [2.05, 4.69) is 10.2 Å². The summed E-state index contributed by atoms with van der Waals surface area (Å²) in [6.07, 6.45) is 0. The molecule has 1 fully saturated rings. The SMILES string of the molecule is CCOC(=O)COc1ccc(CN2CCNCC2c2cccc(F)c2)cc1.Cl. The topological polar surface area (TPSA) is 50.8 Å². The molecule has 1 atom stereocenters. The van der Waals surface area contributed by atoms with Crippen molar-refractivity contribution in [2.24, 2.45) is 0 Å². The van der Waals surface area contributed by atoms with Gasteiger partial charge in [0, 0.05) is 32.2 Å². The first-order chi connectivity index (χ1) is 13.2. The van der Waals surface area contributed by atoms with Gasteiger partial charge in [-0.2, -0.15) is 0 Å². The lowest BCUT2D eigenvalue weighted by Crippen LogP contribution is -2.45. The Hall–Kier alpha value is -2.15. The van der Waals surface area contributed by atoms with Crippen LogP contribution in [-0.2, 0) is 16.1 Å². The van der Waals surface area contributed by atoms with E-state index in [4.69, 9.17) is 9.47 Å². The van der Waals surface area contributed by atoms with Crippen LogP contribution in [0, 0.1) is 5.82 Å². The van der Waals surface area contributed by atoms with Gasteiger partial charge in [0.1, 0.15) is 11.6 Å². The van der Waals surface area contributed by atoms with Crippen LogP contribution in [0.2, 0.25) is 0 Å². The summed E-state index contributed by atoms with van der Waals surface area (Å²) in [6, 6.07) is 14.6. The molecule has 1 aliphatic rings. The number of esters is 1. The van der Waals surface area contributed by atoms with Crippen molar-refractivity contribution in [1.29, 1.82) is 0 Å². The number of nitrogens with one attached hydrogen (secondary N) is 1. The quantitative estimate of drug-likeness (QED) is 0.712. The van der Waals surface area contributed by atoms with E-state index in [-0.39, 0.29) is 36.8 Å². The molecule has 5 nitrogen and oxygen atoms in total. The minimum Gasteiger partial charge on any atom is -0.482 e. The fraction of sp³-hybridized carbons (Fsp3) is 0.381. The number of benzene rings is 2. The number of piperazine rings is 1. The zero-order valence-corrected chi connectivity index (χ0v) is 16.7. The minimum atomic E-state index is -0.375. The van der Waals surface area contributed by atoms with Gasteiger partial charge in [0.05, 0.1) is 6.61 Å². The largest absolute Gasteiger partial charge is 0.482 e. The molecule has 2 aromatic carbocycles. The average Bonchev–Trinajstić information content (AvgIpc) is 2.68. The van der Waals surface area contributed by atoms with Crippen LogP contribution in [0.15, 0.2) is 48.5 Å². The molecule has 0 bridgehead atoms. The summed E-state index contributed by atoms with van der Waals surface area (Å²) in [7, 11) is 0. The number of rotatable bonds is 7. The van der Waals surface area contributed by atoms with Crippen molar-refractivity contribution in [3.63, 3.8) is 0 Å². The Morgan fingerprint density at radius 1 is 1.25 bits per heavy atom. The van der Waals surface area contributed by atoms with Crippen molar-refractivity contribution in [3.05, 3.63) is 65.5 Å². The summed E-state index contributed by atoms with van der Waals surface area (Å²) in [5, 5.41) is 3.39. The number of carbonyl (C=O) groups is 1. The molecule has 1 heterocycles. The second-order valence-electron chi connectivity index (χ2n) is 6.48. The fourth-order valence-corrected chi connectivity index (χ4v) is 3.25. The Morgan fingerprint density at radius 3 is 2.75 bits per heavy atom. The van der Waals surface area contributed by atoms with E-state index in [9.17, 15) is 9.18 Å². The second-order valence-corrected chi connectivity index (χ2v) is 6.48. The third kappa shape index (κ3) is 6.19. The molecule has 1 saturated heterocycles. The maximum atomic E-state index is 13.6. The molecule has 3 rings (SSSR count). The summed E-state index contributed by atoms with van der Waals surface area (Å²) in [6.45, 7) is 5.38. The lowest BCUT2D eigenvalue weighted by molar-refractivity contribution is -0.145. The lowest BCUT2D eigenvalue weighted by Gasteiger charge is -2.36. The van der Waals surface area contributed by atoms with Crippen LogP contribution in [0.5, 0.6) is 5.75 Å². The van der Waals surface area contributed by atoms with Crippen molar-refractivity contribution >= 4 is 18.4 Å². The number of hydrogen-bond donors (Lipinski definition) is 1. The monoisotopic (exact) mass is 408 g/mol. The van der Waals surface area contributed by atoms with Crippen LogP contribution in [-0.4, -0.2) is 43.7 Å². The van der Waals surface area contributed by atoms with Crippen molar-refractivity contribution in [1.82, 2.24) is 10.2 Å². The second kappa shape index (κ2) is 11.0. The standard InChI is InChI=1S/C21H25FN2O3.ClH/c1-2-26-21(25)15-27-19-8-6-16(7-9-19)14-24-11-10-23-13-20(24)17-4-3-5-18(22)12-17;/h3-9,12,20,23H,2,10-11,13-15H2,1H3;1H. The first-order valence-corrected chi connectivity index (χ1v) is 9.23. The van der Waals surface area contributed by atoms with Crippen LogP contribution >= 0.6 is 12.4 Å². The summed E-state index contributed by atoms with van der Waals surface area (Å²) < 4.78 is 23.9. The van der Waals surface area contributed by atoms with E-state index in [1.165, 1.54) is 6.07 Å². The highest BCUT2D eigenvalue weighted by molar-refractivity contribution is 5.85. The number of carbonyl (C=O) groups excluding carboxylic acids is 1. The molecular weight excluding hydrogens is 383 g/mol. The van der Waals surface area contributed by atoms with Gasteiger partial charge in [0.15, 0.2) is 6.61 Å². The van der Waals surface area contributed by atoms with E-state index in [1.54, 1.807) is 19.1 Å². The van der Waals surface area contributed by atoms with Crippen molar-refractivity contribution < 1.29 is 18.7 Å². The zero-order valence-electron chi connectivity index (χ0n) is 15.9. The Labute approximate surface area is 171 Å². The van der Waals surface area contributed by atoms with Gasteiger partial charge in [-0.1, -0.05) is 24.3 Å². The highest BCUT2D eigenvalue weighted by atomic mass is 35.5. The van der Waals surface area contributed by atoms with Crippen LogP contribution in [0.3, 0.4) is 0 Å². The maximum Gasteiger partial charge on any atom is 0.344 e. The van der Waals surface area contributed by atoms with Gasteiger partial charge < -0.3 is 14.8 Å². The van der Waals surface area contributed by atoms with E-state index < -0.39 is 0 Å². The molecular formula is C21H26ClFN2O3. The smallest absolute Gasteiger partial charge is 0.344 e. The molecule has 1 unspecified atom stereocenters. The minimum absolute atomic E-state index is 0. The Morgan fingerprint density at radius 2 is 2.04 bits per heavy atom. The molecule has 152 valence electrons. The van der Waals surface area contributed by atoms with Crippen LogP contribution in [0.4, 0.5) is 4.39 Å². The van der Waals surface area contributed by atoms with Crippen molar-refractivity contribution in [3.8, 4) is 5.75 Å². The first-order valence-electron chi connectivity index (χ1n) is 9.23. The van der Waals surface area contributed by atoms with Crippen LogP contribution < -0.4 is 10.1 Å². The van der Waals surface area contributed by atoms with E-state index in [1.807, 2.05) is 30.3 Å². The van der Waals surface area contributed by atoms with E-state index >= 15 is 0 Å². The molecule has 0 radical (unpaired) electrons. The zero-order chi connectivity index (χ0) is 19.1. The summed E-state index contributed by atoms with van der Waals surface area (Å²) in [5.41, 5.74) is 2.12. The molecule has 0 aliphatic carbocycles. The Kier molecular flexibility index (Phi) is 8.70. The molecule has 28 heavy (non-hydrogen) atoms. The molecule has 2 aromatic rings. The average molecular weight is 409 g/mol. The Balaban J connectivity index is 0.00000280. The van der Waals surface area contributed by atoms with E-state index in [0.717, 1.165) is 37.3 Å². The lowest BCUT2D eigenvalue weighted by atomic mass is 10.0. The number of hydrogen-bond acceptors (Lipinski definition) is 5. The number of nitrogens with zero attached hydrogens (tertiary/aromatic N) is 1. The molecule has 1 N–H and O–H groups in total. The summed E-state index contributed by atoms with van der Waals surface area (Å²) in [4.78, 5) is 13.7. The predicted octanol–water partition coefficient (Wildman–Crippen LogP) is 3.34. The highest BCUT2D eigenvalue weighted by Gasteiger charge is 2.24. The van der Waals surface area contributed by atoms with Crippen LogP contribution in [0.25, 0.3) is 0 Å². The molecule has 0 amide bonds. The normalized spacial score (nSPS) is 16.9. The van der Waals surface area contributed by atoms with Gasteiger partial charge in [-0.15, -0.1) is 12.4 Å². The van der Waals surface area contributed by atoms with Gasteiger partial charge in [-0.05, 0) is 42.3 Å². The third-order valence-electron chi connectivity index (χ3n) is 4.56. The number of ether oxygens (including phenoxy) is 2.